The summed E-state index contributed by atoms with van der Waals surface area (Å²) in [6.07, 6.45) is -0.686. The quantitative estimate of drug-likeness (QED) is 0.624. The predicted molar refractivity (Wildman–Crippen MR) is 128 cm³/mol. The maximum absolute atomic E-state index is 12.9. The monoisotopic (exact) mass is 477 g/mol. The largest absolute Gasteiger partial charge is 0.485 e. The second-order valence-electron chi connectivity index (χ2n) is 7.99. The van der Waals surface area contributed by atoms with Crippen LogP contribution in [0.15, 0.2) is 66.0 Å². The van der Waals surface area contributed by atoms with Crippen LogP contribution < -0.4 is 14.8 Å². The van der Waals surface area contributed by atoms with Crippen LogP contribution in [0.4, 0.5) is 5.69 Å². The molecule has 1 fully saturated rings. The van der Waals surface area contributed by atoms with E-state index in [0.29, 0.717) is 53.8 Å². The van der Waals surface area contributed by atoms with Crippen LogP contribution in [0, 0.1) is 0 Å². The molecule has 34 heavy (non-hydrogen) atoms. The van der Waals surface area contributed by atoms with E-state index in [4.69, 9.17) is 9.47 Å². The van der Waals surface area contributed by atoms with Crippen LogP contribution in [-0.2, 0) is 4.79 Å². The molecule has 1 atom stereocenters. The van der Waals surface area contributed by atoms with Gasteiger partial charge in [0.05, 0.1) is 4.88 Å². The number of anilines is 1. The fourth-order valence-corrected chi connectivity index (χ4v) is 4.57. The molecule has 2 aromatic carbocycles. The SMILES string of the molecule is O=C(Nc1ccc(C(=O)N2CCN(C(=O)[C@@H]3COc4ccccc4O3)CC2)cc1)c1cccs1. The summed E-state index contributed by atoms with van der Waals surface area (Å²) in [6, 6.07) is 17.7. The van der Waals surface area contributed by atoms with Gasteiger partial charge in [-0.15, -0.1) is 11.3 Å². The van der Waals surface area contributed by atoms with Gasteiger partial charge in [0.25, 0.3) is 17.7 Å². The van der Waals surface area contributed by atoms with Crippen molar-refractivity contribution in [3.05, 3.63) is 76.5 Å². The molecular formula is C25H23N3O5S. The summed E-state index contributed by atoms with van der Waals surface area (Å²) in [5.74, 6) is 0.794. The molecule has 0 aliphatic carbocycles. The summed E-state index contributed by atoms with van der Waals surface area (Å²) in [7, 11) is 0. The Morgan fingerprint density at radius 1 is 0.853 bits per heavy atom. The van der Waals surface area contributed by atoms with Crippen LogP contribution in [0.3, 0.4) is 0 Å². The van der Waals surface area contributed by atoms with Gasteiger partial charge in [0.1, 0.15) is 6.61 Å². The van der Waals surface area contributed by atoms with Crippen LogP contribution in [-0.4, -0.2) is 66.4 Å². The number of hydrogen-bond donors (Lipinski definition) is 1. The zero-order chi connectivity index (χ0) is 23.5. The Morgan fingerprint density at radius 3 is 2.26 bits per heavy atom. The lowest BCUT2D eigenvalue weighted by molar-refractivity contribution is -0.142. The molecule has 1 saturated heterocycles. The van der Waals surface area contributed by atoms with E-state index in [0.717, 1.165) is 0 Å². The number of rotatable bonds is 4. The van der Waals surface area contributed by atoms with Crippen molar-refractivity contribution in [3.8, 4) is 11.5 Å². The fourth-order valence-electron chi connectivity index (χ4n) is 3.95. The van der Waals surface area contributed by atoms with Crippen LogP contribution in [0.25, 0.3) is 0 Å². The van der Waals surface area contributed by atoms with E-state index < -0.39 is 6.10 Å². The van der Waals surface area contributed by atoms with Gasteiger partial charge in [-0.2, -0.15) is 0 Å². The van der Waals surface area contributed by atoms with Crippen LogP contribution in [0.2, 0.25) is 0 Å². The lowest BCUT2D eigenvalue weighted by atomic mass is 10.1. The first-order valence-corrected chi connectivity index (χ1v) is 11.9. The standard InChI is InChI=1S/C25H23N3O5S/c29-23(22-6-3-15-34-22)26-18-9-7-17(8-10-18)24(30)27-11-13-28(14-12-27)25(31)21-16-32-19-4-1-2-5-20(19)33-21/h1-10,15,21H,11-14,16H2,(H,26,29)/t21-/m0/s1. The Morgan fingerprint density at radius 2 is 1.56 bits per heavy atom. The third-order valence-corrected chi connectivity index (χ3v) is 6.67. The number of amides is 3. The average molecular weight is 478 g/mol. The number of nitrogens with zero attached hydrogens (tertiary/aromatic N) is 2. The van der Waals surface area contributed by atoms with E-state index in [1.165, 1.54) is 11.3 Å². The van der Waals surface area contributed by atoms with Gasteiger partial charge in [-0.05, 0) is 47.8 Å². The highest BCUT2D eigenvalue weighted by Crippen LogP contribution is 2.31. The van der Waals surface area contributed by atoms with Crippen LogP contribution >= 0.6 is 11.3 Å². The molecule has 5 rings (SSSR count). The van der Waals surface area contributed by atoms with Gasteiger partial charge in [-0.25, -0.2) is 0 Å². The number of para-hydroxylation sites is 2. The number of fused-ring (bicyclic) bond motifs is 1. The molecule has 0 radical (unpaired) electrons. The van der Waals surface area contributed by atoms with Crippen molar-refractivity contribution in [1.82, 2.24) is 9.80 Å². The zero-order valence-corrected chi connectivity index (χ0v) is 19.1. The normalized spacial score (nSPS) is 17.2. The highest BCUT2D eigenvalue weighted by molar-refractivity contribution is 7.12. The maximum atomic E-state index is 12.9. The number of ether oxygens (including phenoxy) is 2. The molecule has 3 heterocycles. The van der Waals surface area contributed by atoms with E-state index in [1.807, 2.05) is 29.6 Å². The first-order chi connectivity index (χ1) is 16.6. The number of benzene rings is 2. The summed E-state index contributed by atoms with van der Waals surface area (Å²) in [5.41, 5.74) is 1.16. The smallest absolute Gasteiger partial charge is 0.267 e. The van der Waals surface area contributed by atoms with Gasteiger partial charge >= 0.3 is 0 Å². The van der Waals surface area contributed by atoms with Crippen molar-refractivity contribution >= 4 is 34.7 Å². The molecule has 3 aromatic rings. The number of nitrogens with one attached hydrogen (secondary N) is 1. The van der Waals surface area contributed by atoms with Crippen molar-refractivity contribution in [3.63, 3.8) is 0 Å². The Kier molecular flexibility index (Phi) is 6.18. The Bertz CT molecular complexity index is 1190. The molecule has 1 N–H and O–H groups in total. The molecule has 8 nitrogen and oxygen atoms in total. The first-order valence-electron chi connectivity index (χ1n) is 11.0. The van der Waals surface area contributed by atoms with E-state index in [1.54, 1.807) is 46.2 Å². The Labute approximate surface area is 200 Å². The second kappa shape index (κ2) is 9.56. The summed E-state index contributed by atoms with van der Waals surface area (Å²) >= 11 is 1.37. The predicted octanol–water partition coefficient (Wildman–Crippen LogP) is 3.12. The van der Waals surface area contributed by atoms with E-state index in [-0.39, 0.29) is 24.3 Å². The van der Waals surface area contributed by atoms with Gasteiger partial charge in [0.15, 0.2) is 11.5 Å². The molecule has 2 aliphatic heterocycles. The van der Waals surface area contributed by atoms with Gasteiger partial charge in [0, 0.05) is 37.4 Å². The number of thiophene rings is 1. The number of piperazine rings is 1. The van der Waals surface area contributed by atoms with Crippen molar-refractivity contribution in [2.45, 2.75) is 6.10 Å². The average Bonchev–Trinajstić information content (AvgIpc) is 3.43. The molecule has 0 saturated carbocycles. The molecule has 9 heteroatoms. The van der Waals surface area contributed by atoms with Crippen molar-refractivity contribution < 1.29 is 23.9 Å². The molecule has 2 aliphatic rings. The minimum absolute atomic E-state index is 0.102. The van der Waals surface area contributed by atoms with Gasteiger partial charge in [-0.3, -0.25) is 14.4 Å². The number of hydrogen-bond acceptors (Lipinski definition) is 6. The minimum Gasteiger partial charge on any atom is -0.485 e. The van der Waals surface area contributed by atoms with E-state index >= 15 is 0 Å². The van der Waals surface area contributed by atoms with Crippen molar-refractivity contribution in [2.24, 2.45) is 0 Å². The Hall–Kier alpha value is -3.85. The molecule has 0 bridgehead atoms. The van der Waals surface area contributed by atoms with E-state index in [9.17, 15) is 14.4 Å². The third kappa shape index (κ3) is 4.60. The molecule has 0 unspecified atom stereocenters. The topological polar surface area (TPSA) is 88.2 Å². The molecule has 0 spiro atoms. The highest BCUT2D eigenvalue weighted by Gasteiger charge is 2.33. The van der Waals surface area contributed by atoms with Gasteiger partial charge in [0.2, 0.25) is 6.10 Å². The van der Waals surface area contributed by atoms with Gasteiger partial charge < -0.3 is 24.6 Å². The highest BCUT2D eigenvalue weighted by atomic mass is 32.1. The first kappa shape index (κ1) is 22.0. The Balaban J connectivity index is 1.14. The zero-order valence-electron chi connectivity index (χ0n) is 18.3. The van der Waals surface area contributed by atoms with Crippen LogP contribution in [0.5, 0.6) is 11.5 Å². The molecular weight excluding hydrogens is 454 g/mol. The van der Waals surface area contributed by atoms with Crippen molar-refractivity contribution in [1.29, 1.82) is 0 Å². The third-order valence-electron chi connectivity index (χ3n) is 5.80. The summed E-state index contributed by atoms with van der Waals surface area (Å²) in [5, 5.41) is 4.67. The second-order valence-corrected chi connectivity index (χ2v) is 8.94. The number of carbonyl (C=O) groups excluding carboxylic acids is 3. The summed E-state index contributed by atoms with van der Waals surface area (Å²) in [6.45, 7) is 1.91. The van der Waals surface area contributed by atoms with Crippen LogP contribution in [0.1, 0.15) is 20.0 Å². The van der Waals surface area contributed by atoms with Crippen molar-refractivity contribution in [2.75, 3.05) is 38.1 Å². The fraction of sp³-hybridized carbons (Fsp3) is 0.240. The summed E-state index contributed by atoms with van der Waals surface area (Å²) < 4.78 is 11.5. The molecule has 1 aromatic heterocycles. The molecule has 174 valence electrons. The van der Waals surface area contributed by atoms with E-state index in [2.05, 4.69) is 5.32 Å². The molecule has 3 amide bonds. The lowest BCUT2D eigenvalue weighted by Crippen LogP contribution is -2.55. The lowest BCUT2D eigenvalue weighted by Gasteiger charge is -2.37. The van der Waals surface area contributed by atoms with Gasteiger partial charge in [-0.1, -0.05) is 18.2 Å². The maximum Gasteiger partial charge on any atom is 0.267 e. The minimum atomic E-state index is -0.686. The number of carbonyl (C=O) groups is 3. The summed E-state index contributed by atoms with van der Waals surface area (Å²) in [4.78, 5) is 42.1.